The number of aromatic carboxylic acids is 1. The number of thioether (sulfide) groups is 1. The van der Waals surface area contributed by atoms with Crippen LogP contribution in [0.1, 0.15) is 28.4 Å². The molecule has 1 aliphatic heterocycles. The average molecular weight is 493 g/mol. The molecule has 1 heterocycles. The maximum atomic E-state index is 13.0. The lowest BCUT2D eigenvalue weighted by atomic mass is 10.1. The van der Waals surface area contributed by atoms with Gasteiger partial charge >= 0.3 is 5.97 Å². The van der Waals surface area contributed by atoms with E-state index in [-0.39, 0.29) is 11.5 Å². The average Bonchev–Trinajstić information content (AvgIpc) is 3.13. The summed E-state index contributed by atoms with van der Waals surface area (Å²) in [5.74, 6) is -0.504. The molecular formula is C26H21ClN2O4S. The van der Waals surface area contributed by atoms with E-state index in [9.17, 15) is 9.59 Å². The maximum Gasteiger partial charge on any atom is 0.335 e. The zero-order valence-corrected chi connectivity index (χ0v) is 19.8. The minimum absolute atomic E-state index is 0.144. The third-order valence-electron chi connectivity index (χ3n) is 5.09. The molecule has 1 aliphatic rings. The quantitative estimate of drug-likeness (QED) is 0.395. The molecule has 1 amide bonds. The molecule has 1 N–H and O–H groups in total. The molecule has 0 saturated carbocycles. The molecule has 4 rings (SSSR count). The number of ether oxygens (including phenoxy) is 1. The number of carbonyl (C=O) groups is 2. The highest BCUT2D eigenvalue weighted by Gasteiger charge is 2.32. The third kappa shape index (κ3) is 5.32. The standard InChI is InChI=1S/C26H21ClN2O4S/c1-2-29-24(30)23(34-26(29)28-20-13-11-17(12-14-20)25(31)32)15-18-7-4-6-10-22(18)33-16-19-8-3-5-9-21(19)27/h3-15H,2,16H2,1H3,(H,31,32)/b23-15+,28-26?. The van der Waals surface area contributed by atoms with Gasteiger partial charge in [-0.2, -0.15) is 0 Å². The summed E-state index contributed by atoms with van der Waals surface area (Å²) < 4.78 is 6.01. The Morgan fingerprint density at radius 3 is 2.50 bits per heavy atom. The van der Waals surface area contributed by atoms with Gasteiger partial charge in [0.05, 0.1) is 16.2 Å². The zero-order chi connectivity index (χ0) is 24.1. The first-order chi connectivity index (χ1) is 16.5. The van der Waals surface area contributed by atoms with Gasteiger partial charge in [0.1, 0.15) is 12.4 Å². The highest BCUT2D eigenvalue weighted by molar-refractivity contribution is 8.18. The Kier molecular flexibility index (Phi) is 7.35. The van der Waals surface area contributed by atoms with Crippen molar-refractivity contribution in [1.29, 1.82) is 0 Å². The fraction of sp³-hybridized carbons (Fsp3) is 0.115. The van der Waals surface area contributed by atoms with Gasteiger partial charge in [0.2, 0.25) is 0 Å². The van der Waals surface area contributed by atoms with E-state index in [1.807, 2.05) is 55.5 Å². The van der Waals surface area contributed by atoms with Gasteiger partial charge in [0.15, 0.2) is 5.17 Å². The number of hydrogen-bond donors (Lipinski definition) is 1. The van der Waals surface area contributed by atoms with Crippen LogP contribution in [0.4, 0.5) is 5.69 Å². The number of carboxylic acid groups (broad SMARTS) is 1. The lowest BCUT2D eigenvalue weighted by Gasteiger charge is -2.12. The summed E-state index contributed by atoms with van der Waals surface area (Å²) >= 11 is 7.51. The molecule has 3 aromatic rings. The molecule has 0 radical (unpaired) electrons. The number of aliphatic imine (C=N–C) groups is 1. The van der Waals surface area contributed by atoms with Gasteiger partial charge in [-0.05, 0) is 61.2 Å². The molecule has 0 spiro atoms. The second kappa shape index (κ2) is 10.6. The molecule has 0 unspecified atom stereocenters. The minimum atomic E-state index is -1.000. The molecule has 6 nitrogen and oxygen atoms in total. The van der Waals surface area contributed by atoms with E-state index in [4.69, 9.17) is 21.4 Å². The number of hydrogen-bond acceptors (Lipinski definition) is 5. The van der Waals surface area contributed by atoms with Crippen molar-refractivity contribution in [3.63, 3.8) is 0 Å². The van der Waals surface area contributed by atoms with Crippen molar-refractivity contribution in [2.75, 3.05) is 6.54 Å². The molecule has 8 heteroatoms. The summed E-state index contributed by atoms with van der Waals surface area (Å²) in [6.07, 6.45) is 1.80. The zero-order valence-electron chi connectivity index (χ0n) is 18.3. The van der Waals surface area contributed by atoms with Crippen molar-refractivity contribution >= 4 is 52.2 Å². The van der Waals surface area contributed by atoms with E-state index in [2.05, 4.69) is 4.99 Å². The summed E-state index contributed by atoms with van der Waals surface area (Å²) in [5.41, 5.74) is 2.40. The fourth-order valence-electron chi connectivity index (χ4n) is 3.30. The van der Waals surface area contributed by atoms with Gasteiger partial charge < -0.3 is 9.84 Å². The highest BCUT2D eigenvalue weighted by Crippen LogP contribution is 2.35. The van der Waals surface area contributed by atoms with Crippen molar-refractivity contribution in [2.24, 2.45) is 4.99 Å². The summed E-state index contributed by atoms with van der Waals surface area (Å²) in [5, 5.41) is 10.2. The number of carboxylic acids is 1. The van der Waals surface area contributed by atoms with E-state index in [0.29, 0.717) is 39.7 Å². The number of carbonyl (C=O) groups excluding carboxylic acids is 1. The predicted octanol–water partition coefficient (Wildman–Crippen LogP) is 6.24. The van der Waals surface area contributed by atoms with Crippen molar-refractivity contribution in [3.05, 3.63) is 99.4 Å². The molecule has 0 atom stereocenters. The molecule has 0 aromatic heterocycles. The molecule has 1 saturated heterocycles. The number of likely N-dealkylation sites (N-methyl/N-ethyl adjacent to an activating group) is 1. The Balaban J connectivity index is 1.58. The Morgan fingerprint density at radius 2 is 1.79 bits per heavy atom. The van der Waals surface area contributed by atoms with E-state index in [0.717, 1.165) is 11.1 Å². The van der Waals surface area contributed by atoms with Crippen LogP contribution < -0.4 is 4.74 Å². The summed E-state index contributed by atoms with van der Waals surface area (Å²) in [7, 11) is 0. The summed E-state index contributed by atoms with van der Waals surface area (Å²) in [6, 6.07) is 21.2. The lowest BCUT2D eigenvalue weighted by molar-refractivity contribution is -0.122. The van der Waals surface area contributed by atoms with Gasteiger partial charge in [0, 0.05) is 22.7 Å². The van der Waals surface area contributed by atoms with Crippen LogP contribution >= 0.6 is 23.4 Å². The monoisotopic (exact) mass is 492 g/mol. The van der Waals surface area contributed by atoms with Crippen LogP contribution in [0.25, 0.3) is 6.08 Å². The van der Waals surface area contributed by atoms with Gasteiger partial charge in [0.25, 0.3) is 5.91 Å². The fourth-order valence-corrected chi connectivity index (χ4v) is 4.55. The summed E-state index contributed by atoms with van der Waals surface area (Å²) in [6.45, 7) is 2.64. The van der Waals surface area contributed by atoms with Crippen molar-refractivity contribution in [2.45, 2.75) is 13.5 Å². The van der Waals surface area contributed by atoms with Crippen LogP contribution in [0.3, 0.4) is 0 Å². The topological polar surface area (TPSA) is 79.2 Å². The Morgan fingerprint density at radius 1 is 1.09 bits per heavy atom. The minimum Gasteiger partial charge on any atom is -0.488 e. The SMILES string of the molecule is CCN1C(=O)/C(=C\c2ccccc2OCc2ccccc2Cl)SC1=Nc1ccc(C(=O)O)cc1. The first-order valence-electron chi connectivity index (χ1n) is 10.5. The molecule has 34 heavy (non-hydrogen) atoms. The normalized spacial score (nSPS) is 15.8. The van der Waals surface area contributed by atoms with Gasteiger partial charge in [-0.1, -0.05) is 48.0 Å². The lowest BCUT2D eigenvalue weighted by Crippen LogP contribution is -2.28. The number of nitrogens with zero attached hydrogens (tertiary/aromatic N) is 2. The number of para-hydroxylation sites is 1. The van der Waals surface area contributed by atoms with Gasteiger partial charge in [-0.25, -0.2) is 9.79 Å². The number of halogens is 1. The van der Waals surface area contributed by atoms with Crippen molar-refractivity contribution in [1.82, 2.24) is 4.90 Å². The van der Waals surface area contributed by atoms with Crippen LogP contribution in [0.5, 0.6) is 5.75 Å². The molecule has 172 valence electrons. The Hall–Kier alpha value is -3.55. The molecule has 1 fully saturated rings. The number of rotatable bonds is 7. The van der Waals surface area contributed by atoms with Gasteiger partial charge in [-0.15, -0.1) is 0 Å². The van der Waals surface area contributed by atoms with Crippen LogP contribution in [0, 0.1) is 0 Å². The number of amidine groups is 1. The van der Waals surface area contributed by atoms with E-state index < -0.39 is 5.97 Å². The largest absolute Gasteiger partial charge is 0.488 e. The van der Waals surface area contributed by atoms with E-state index in [1.54, 1.807) is 23.1 Å². The first kappa shape index (κ1) is 23.6. The third-order valence-corrected chi connectivity index (χ3v) is 6.47. The second-order valence-corrected chi connectivity index (χ2v) is 8.74. The summed E-state index contributed by atoms with van der Waals surface area (Å²) in [4.78, 5) is 30.8. The smallest absolute Gasteiger partial charge is 0.335 e. The van der Waals surface area contributed by atoms with Crippen LogP contribution in [-0.4, -0.2) is 33.6 Å². The Labute approximate surface area is 206 Å². The maximum absolute atomic E-state index is 13.0. The predicted molar refractivity (Wildman–Crippen MR) is 136 cm³/mol. The first-order valence-corrected chi connectivity index (χ1v) is 11.7. The van der Waals surface area contributed by atoms with Gasteiger partial charge in [-0.3, -0.25) is 9.69 Å². The van der Waals surface area contributed by atoms with Crippen molar-refractivity contribution < 1.29 is 19.4 Å². The van der Waals surface area contributed by atoms with E-state index >= 15 is 0 Å². The number of benzene rings is 3. The molecule has 0 bridgehead atoms. The van der Waals surface area contributed by atoms with Crippen LogP contribution in [0.2, 0.25) is 5.02 Å². The second-order valence-electron chi connectivity index (χ2n) is 7.32. The Bertz CT molecular complexity index is 1290. The van der Waals surface area contributed by atoms with Crippen LogP contribution in [0.15, 0.2) is 82.7 Å². The molecular weight excluding hydrogens is 472 g/mol. The van der Waals surface area contributed by atoms with E-state index in [1.165, 1.54) is 23.9 Å². The van der Waals surface area contributed by atoms with Crippen molar-refractivity contribution in [3.8, 4) is 5.75 Å². The molecule has 0 aliphatic carbocycles. The molecule has 3 aromatic carbocycles. The highest BCUT2D eigenvalue weighted by atomic mass is 35.5. The number of amides is 1. The van der Waals surface area contributed by atoms with Crippen LogP contribution in [-0.2, 0) is 11.4 Å².